The minimum Gasteiger partial charge on any atom is -0.361 e. The number of rotatable bonds is 4. The van der Waals surface area contributed by atoms with E-state index in [2.05, 4.69) is 12.1 Å². The molecule has 3 nitrogen and oxygen atoms in total. The van der Waals surface area contributed by atoms with E-state index in [-0.39, 0.29) is 5.54 Å². The molecule has 0 aromatic carbocycles. The van der Waals surface area contributed by atoms with Crippen LogP contribution in [0, 0.1) is 6.92 Å². The van der Waals surface area contributed by atoms with Crippen LogP contribution in [0.25, 0.3) is 0 Å². The minimum absolute atomic E-state index is 0.160. The summed E-state index contributed by atoms with van der Waals surface area (Å²) in [4.78, 5) is 0. The molecule has 1 aliphatic carbocycles. The normalized spacial score (nSPS) is 20.8. The van der Waals surface area contributed by atoms with Gasteiger partial charge < -0.3 is 10.3 Å². The predicted octanol–water partition coefficient (Wildman–Crippen LogP) is 2.36. The summed E-state index contributed by atoms with van der Waals surface area (Å²) in [5, 5.41) is 4.02. The molecule has 0 amide bonds. The molecule has 14 heavy (non-hydrogen) atoms. The molecule has 0 aliphatic heterocycles. The lowest BCUT2D eigenvalue weighted by molar-refractivity contribution is 0.383. The van der Waals surface area contributed by atoms with Crippen molar-refractivity contribution in [2.24, 2.45) is 5.73 Å². The Morgan fingerprint density at radius 2 is 2.36 bits per heavy atom. The molecule has 3 heteroatoms. The fourth-order valence-electron chi connectivity index (χ4n) is 1.68. The van der Waals surface area contributed by atoms with Gasteiger partial charge in [0.1, 0.15) is 5.76 Å². The molecule has 1 aromatic heterocycles. The Bertz CT molecular complexity index is 315. The highest BCUT2D eigenvalue weighted by atomic mass is 16.5. The molecule has 1 aliphatic rings. The molecule has 1 atom stereocenters. The van der Waals surface area contributed by atoms with Crippen LogP contribution in [-0.2, 0) is 0 Å². The first-order chi connectivity index (χ1) is 6.59. The Morgan fingerprint density at radius 3 is 2.86 bits per heavy atom. The van der Waals surface area contributed by atoms with Crippen LogP contribution in [0.4, 0.5) is 0 Å². The molecule has 1 saturated carbocycles. The minimum atomic E-state index is 0.160. The first kappa shape index (κ1) is 9.71. The molecule has 78 valence electrons. The van der Waals surface area contributed by atoms with Crippen molar-refractivity contribution in [3.8, 4) is 0 Å². The maximum atomic E-state index is 6.03. The van der Waals surface area contributed by atoms with Crippen molar-refractivity contribution in [3.05, 3.63) is 17.5 Å². The van der Waals surface area contributed by atoms with E-state index in [0.717, 1.165) is 24.3 Å². The highest BCUT2D eigenvalue weighted by Gasteiger charge is 2.37. The van der Waals surface area contributed by atoms with E-state index in [1.165, 1.54) is 12.8 Å². The van der Waals surface area contributed by atoms with Gasteiger partial charge in [-0.1, -0.05) is 12.1 Å². The second kappa shape index (κ2) is 3.39. The molecule has 2 rings (SSSR count). The predicted molar refractivity (Wildman–Crippen MR) is 55.0 cm³/mol. The van der Waals surface area contributed by atoms with Gasteiger partial charge in [0.25, 0.3) is 0 Å². The first-order valence-electron chi connectivity index (χ1n) is 5.31. The van der Waals surface area contributed by atoms with Gasteiger partial charge in [-0.15, -0.1) is 0 Å². The summed E-state index contributed by atoms with van der Waals surface area (Å²) in [6.45, 7) is 4.11. The number of aryl methyl sites for hydroxylation is 1. The molecule has 0 spiro atoms. The van der Waals surface area contributed by atoms with Crippen molar-refractivity contribution in [2.45, 2.75) is 51.0 Å². The fourth-order valence-corrected chi connectivity index (χ4v) is 1.68. The summed E-state index contributed by atoms with van der Waals surface area (Å²) in [6, 6.07) is 2.01. The molecule has 2 N–H and O–H groups in total. The van der Waals surface area contributed by atoms with Gasteiger partial charge in [0, 0.05) is 17.5 Å². The standard InChI is InChI=1S/C11H18N2O/c1-8(3-4-11(12)5-6-11)10-7-9(2)14-13-10/h7-8H,3-6,12H2,1-2H3. The molecule has 1 aromatic rings. The maximum Gasteiger partial charge on any atom is 0.133 e. The van der Waals surface area contributed by atoms with Gasteiger partial charge in [-0.05, 0) is 32.6 Å². The van der Waals surface area contributed by atoms with Crippen molar-refractivity contribution in [3.63, 3.8) is 0 Å². The van der Waals surface area contributed by atoms with Crippen LogP contribution < -0.4 is 5.73 Å². The zero-order valence-corrected chi connectivity index (χ0v) is 8.92. The molecule has 1 heterocycles. The van der Waals surface area contributed by atoms with Crippen molar-refractivity contribution in [2.75, 3.05) is 0 Å². The monoisotopic (exact) mass is 194 g/mol. The topological polar surface area (TPSA) is 52.0 Å². The van der Waals surface area contributed by atoms with E-state index in [4.69, 9.17) is 10.3 Å². The average Bonchev–Trinajstić information content (AvgIpc) is 2.71. The van der Waals surface area contributed by atoms with Gasteiger partial charge in [0.2, 0.25) is 0 Å². The number of nitrogens with zero attached hydrogens (tertiary/aromatic N) is 1. The van der Waals surface area contributed by atoms with Crippen LogP contribution in [0.5, 0.6) is 0 Å². The molecule has 1 unspecified atom stereocenters. The summed E-state index contributed by atoms with van der Waals surface area (Å²) in [5.74, 6) is 1.36. The molecular weight excluding hydrogens is 176 g/mol. The van der Waals surface area contributed by atoms with Gasteiger partial charge >= 0.3 is 0 Å². The SMILES string of the molecule is Cc1cc(C(C)CCC2(N)CC2)no1. The first-order valence-corrected chi connectivity index (χ1v) is 5.31. The molecule has 0 radical (unpaired) electrons. The van der Waals surface area contributed by atoms with Crippen LogP contribution in [0.15, 0.2) is 10.6 Å². The van der Waals surface area contributed by atoms with Crippen LogP contribution in [0.2, 0.25) is 0 Å². The van der Waals surface area contributed by atoms with Gasteiger partial charge in [0.15, 0.2) is 0 Å². The zero-order chi connectivity index (χ0) is 10.2. The Morgan fingerprint density at radius 1 is 1.64 bits per heavy atom. The lowest BCUT2D eigenvalue weighted by Gasteiger charge is -2.11. The third-order valence-electron chi connectivity index (χ3n) is 3.12. The second-order valence-electron chi connectivity index (χ2n) is 4.66. The van der Waals surface area contributed by atoms with Gasteiger partial charge in [-0.25, -0.2) is 0 Å². The maximum absolute atomic E-state index is 6.03. The molecule has 0 saturated heterocycles. The highest BCUT2D eigenvalue weighted by Crippen LogP contribution is 2.38. The zero-order valence-electron chi connectivity index (χ0n) is 8.92. The van der Waals surface area contributed by atoms with E-state index in [0.29, 0.717) is 5.92 Å². The average molecular weight is 194 g/mol. The number of hydrogen-bond donors (Lipinski definition) is 1. The Labute approximate surface area is 84.7 Å². The Kier molecular flexibility index (Phi) is 2.35. The van der Waals surface area contributed by atoms with E-state index in [1.807, 2.05) is 13.0 Å². The van der Waals surface area contributed by atoms with Crippen molar-refractivity contribution in [1.29, 1.82) is 0 Å². The second-order valence-corrected chi connectivity index (χ2v) is 4.66. The molecule has 1 fully saturated rings. The summed E-state index contributed by atoms with van der Waals surface area (Å²) < 4.78 is 5.05. The highest BCUT2D eigenvalue weighted by molar-refractivity contribution is 5.09. The summed E-state index contributed by atoms with van der Waals surface area (Å²) in [7, 11) is 0. The summed E-state index contributed by atoms with van der Waals surface area (Å²) in [5.41, 5.74) is 7.26. The van der Waals surface area contributed by atoms with Crippen molar-refractivity contribution < 1.29 is 4.52 Å². The third kappa shape index (κ3) is 2.15. The van der Waals surface area contributed by atoms with Crippen LogP contribution in [0.1, 0.15) is 50.0 Å². The van der Waals surface area contributed by atoms with Crippen LogP contribution >= 0.6 is 0 Å². The smallest absolute Gasteiger partial charge is 0.133 e. The lowest BCUT2D eigenvalue weighted by atomic mass is 9.98. The van der Waals surface area contributed by atoms with E-state index in [9.17, 15) is 0 Å². The Balaban J connectivity index is 1.86. The summed E-state index contributed by atoms with van der Waals surface area (Å²) in [6.07, 6.45) is 4.61. The van der Waals surface area contributed by atoms with Gasteiger partial charge in [0.05, 0.1) is 5.69 Å². The van der Waals surface area contributed by atoms with E-state index in [1.54, 1.807) is 0 Å². The van der Waals surface area contributed by atoms with Crippen molar-refractivity contribution >= 4 is 0 Å². The lowest BCUT2D eigenvalue weighted by Crippen LogP contribution is -2.21. The van der Waals surface area contributed by atoms with E-state index >= 15 is 0 Å². The third-order valence-corrected chi connectivity index (χ3v) is 3.12. The Hall–Kier alpha value is -0.830. The van der Waals surface area contributed by atoms with Crippen LogP contribution in [-0.4, -0.2) is 10.7 Å². The molecule has 0 bridgehead atoms. The number of hydrogen-bond acceptors (Lipinski definition) is 3. The van der Waals surface area contributed by atoms with Crippen molar-refractivity contribution in [1.82, 2.24) is 5.16 Å². The number of nitrogens with two attached hydrogens (primary N) is 1. The quantitative estimate of drug-likeness (QED) is 0.800. The largest absolute Gasteiger partial charge is 0.361 e. The number of aromatic nitrogens is 1. The molecular formula is C11H18N2O. The van der Waals surface area contributed by atoms with E-state index < -0.39 is 0 Å². The van der Waals surface area contributed by atoms with Gasteiger partial charge in [-0.2, -0.15) is 0 Å². The van der Waals surface area contributed by atoms with Gasteiger partial charge in [-0.3, -0.25) is 0 Å². The summed E-state index contributed by atoms with van der Waals surface area (Å²) >= 11 is 0. The fraction of sp³-hybridized carbons (Fsp3) is 0.727. The van der Waals surface area contributed by atoms with Crippen LogP contribution in [0.3, 0.4) is 0 Å².